The van der Waals surface area contributed by atoms with Crippen LogP contribution in [0.15, 0.2) is 48.5 Å². The van der Waals surface area contributed by atoms with Crippen molar-refractivity contribution >= 4 is 0 Å². The summed E-state index contributed by atoms with van der Waals surface area (Å²) < 4.78 is 11.4. The number of hydrogen-bond donors (Lipinski definition) is 1. The van der Waals surface area contributed by atoms with Crippen LogP contribution in [-0.2, 0) is 0 Å². The maximum atomic E-state index is 9.17. The molecule has 0 aliphatic carbocycles. The summed E-state index contributed by atoms with van der Waals surface area (Å²) in [6.07, 6.45) is -0.289. The second-order valence-electron chi connectivity index (χ2n) is 4.23. The van der Waals surface area contributed by atoms with Crippen molar-refractivity contribution in [3.63, 3.8) is 0 Å². The molecule has 1 heterocycles. The van der Waals surface area contributed by atoms with Crippen LogP contribution in [0.3, 0.4) is 0 Å². The average Bonchev–Trinajstić information content (AvgIpc) is 2.65. The smallest absolute Gasteiger partial charge is 0.169 e. The topological polar surface area (TPSA) is 38.7 Å². The van der Waals surface area contributed by atoms with Crippen molar-refractivity contribution in [2.75, 3.05) is 13.2 Å². The van der Waals surface area contributed by atoms with E-state index in [-0.39, 0.29) is 12.7 Å². The number of fused-ring (bicyclic) bond motifs is 1. The van der Waals surface area contributed by atoms with Crippen molar-refractivity contribution in [2.24, 2.45) is 0 Å². The Balaban J connectivity index is 0.000000561. The minimum Gasteiger partial charge on any atom is -0.486 e. The number of hydrogen-bond acceptors (Lipinski definition) is 3. The molecule has 0 saturated heterocycles. The van der Waals surface area contributed by atoms with Crippen molar-refractivity contribution in [1.29, 1.82) is 0 Å². The van der Waals surface area contributed by atoms with Crippen LogP contribution in [0.1, 0.15) is 27.7 Å². The molecule has 1 aliphatic heterocycles. The van der Waals surface area contributed by atoms with Gasteiger partial charge in [0.15, 0.2) is 17.6 Å². The van der Waals surface area contributed by atoms with Gasteiger partial charge >= 0.3 is 0 Å². The molecule has 1 atom stereocenters. The van der Waals surface area contributed by atoms with Gasteiger partial charge in [0.1, 0.15) is 6.61 Å². The SMILES string of the molecule is CC.CC.OC[C@H]1COc2cccc(-c3ccccc3)c2O1. The van der Waals surface area contributed by atoms with E-state index in [1.807, 2.05) is 76.2 Å². The molecular weight excluding hydrogens is 276 g/mol. The van der Waals surface area contributed by atoms with Gasteiger partial charge in [0.25, 0.3) is 0 Å². The van der Waals surface area contributed by atoms with Gasteiger partial charge in [-0.15, -0.1) is 0 Å². The summed E-state index contributed by atoms with van der Waals surface area (Å²) in [5.41, 5.74) is 2.07. The summed E-state index contributed by atoms with van der Waals surface area (Å²) in [5, 5.41) is 9.17. The molecule has 3 nitrogen and oxygen atoms in total. The molecule has 2 aromatic carbocycles. The molecule has 1 aliphatic rings. The fourth-order valence-electron chi connectivity index (χ4n) is 2.07. The molecule has 0 fully saturated rings. The molecule has 0 unspecified atom stereocenters. The van der Waals surface area contributed by atoms with E-state index in [2.05, 4.69) is 0 Å². The molecule has 1 N–H and O–H groups in total. The van der Waals surface area contributed by atoms with E-state index < -0.39 is 0 Å². The van der Waals surface area contributed by atoms with Crippen LogP contribution < -0.4 is 9.47 Å². The van der Waals surface area contributed by atoms with Crippen molar-refractivity contribution in [1.82, 2.24) is 0 Å². The Hall–Kier alpha value is -2.00. The Morgan fingerprint density at radius 3 is 2.27 bits per heavy atom. The first-order valence-electron chi connectivity index (χ1n) is 7.97. The van der Waals surface area contributed by atoms with Crippen LogP contribution in [0.2, 0.25) is 0 Å². The lowest BCUT2D eigenvalue weighted by molar-refractivity contribution is 0.0462. The lowest BCUT2D eigenvalue weighted by atomic mass is 10.0. The molecule has 0 spiro atoms. The molecule has 3 rings (SSSR count). The first kappa shape index (κ1) is 18.1. The summed E-state index contributed by atoms with van der Waals surface area (Å²) in [4.78, 5) is 0. The van der Waals surface area contributed by atoms with Gasteiger partial charge in [-0.25, -0.2) is 0 Å². The van der Waals surface area contributed by atoms with Crippen LogP contribution >= 0.6 is 0 Å². The first-order valence-corrected chi connectivity index (χ1v) is 7.97. The Kier molecular flexibility index (Phi) is 8.08. The fraction of sp³-hybridized carbons (Fsp3) is 0.368. The number of ether oxygens (including phenoxy) is 2. The predicted molar refractivity (Wildman–Crippen MR) is 91.6 cm³/mol. The van der Waals surface area contributed by atoms with E-state index in [4.69, 9.17) is 9.47 Å². The number of benzene rings is 2. The molecule has 0 bridgehead atoms. The van der Waals surface area contributed by atoms with E-state index in [1.54, 1.807) is 0 Å². The van der Waals surface area contributed by atoms with Crippen LogP contribution in [-0.4, -0.2) is 24.4 Å². The summed E-state index contributed by atoms with van der Waals surface area (Å²) in [5.74, 6) is 1.45. The number of aliphatic hydroxyl groups excluding tert-OH is 1. The highest BCUT2D eigenvalue weighted by Gasteiger charge is 2.23. The van der Waals surface area contributed by atoms with E-state index >= 15 is 0 Å². The Bertz CT molecular complexity index is 538. The van der Waals surface area contributed by atoms with Crippen LogP contribution in [0, 0.1) is 0 Å². The minimum absolute atomic E-state index is 0.0391. The Morgan fingerprint density at radius 2 is 1.64 bits per heavy atom. The highest BCUT2D eigenvalue weighted by Crippen LogP contribution is 2.40. The quantitative estimate of drug-likeness (QED) is 0.885. The maximum Gasteiger partial charge on any atom is 0.169 e. The Morgan fingerprint density at radius 1 is 0.955 bits per heavy atom. The molecule has 22 heavy (non-hydrogen) atoms. The van der Waals surface area contributed by atoms with E-state index in [0.717, 1.165) is 16.9 Å². The van der Waals surface area contributed by atoms with Gasteiger partial charge in [-0.05, 0) is 11.6 Å². The molecular formula is C19H26O3. The third kappa shape index (κ3) is 4.25. The van der Waals surface area contributed by atoms with Gasteiger partial charge < -0.3 is 14.6 Å². The van der Waals surface area contributed by atoms with Crippen LogP contribution in [0.25, 0.3) is 11.1 Å². The minimum atomic E-state index is -0.289. The van der Waals surface area contributed by atoms with E-state index in [1.165, 1.54) is 0 Å². The average molecular weight is 302 g/mol. The number of aliphatic hydroxyl groups is 1. The maximum absolute atomic E-state index is 9.17. The summed E-state index contributed by atoms with van der Waals surface area (Å²) in [6, 6.07) is 15.8. The summed E-state index contributed by atoms with van der Waals surface area (Å²) in [6.45, 7) is 8.35. The molecule has 0 amide bonds. The highest BCUT2D eigenvalue weighted by molar-refractivity contribution is 5.74. The molecule has 120 valence electrons. The van der Waals surface area contributed by atoms with Crippen LogP contribution in [0.5, 0.6) is 11.5 Å². The monoisotopic (exact) mass is 302 g/mol. The normalized spacial score (nSPS) is 14.9. The van der Waals surface area contributed by atoms with Gasteiger partial charge in [-0.2, -0.15) is 0 Å². The Labute approximate surface area is 133 Å². The van der Waals surface area contributed by atoms with E-state index in [0.29, 0.717) is 12.4 Å². The highest BCUT2D eigenvalue weighted by atomic mass is 16.6. The number of rotatable bonds is 2. The van der Waals surface area contributed by atoms with Gasteiger partial charge in [0.2, 0.25) is 0 Å². The van der Waals surface area contributed by atoms with Gasteiger partial charge in [-0.3, -0.25) is 0 Å². The fourth-order valence-corrected chi connectivity index (χ4v) is 2.07. The van der Waals surface area contributed by atoms with Gasteiger partial charge in [0, 0.05) is 5.56 Å². The third-order valence-corrected chi connectivity index (χ3v) is 2.98. The first-order chi connectivity index (χ1) is 10.9. The summed E-state index contributed by atoms with van der Waals surface area (Å²) in [7, 11) is 0. The lowest BCUT2D eigenvalue weighted by Crippen LogP contribution is -2.32. The predicted octanol–water partition coefficient (Wildman–Crippen LogP) is 4.54. The van der Waals surface area contributed by atoms with Crippen molar-refractivity contribution < 1.29 is 14.6 Å². The molecule has 0 radical (unpaired) electrons. The van der Waals surface area contributed by atoms with Gasteiger partial charge in [-0.1, -0.05) is 70.2 Å². The number of para-hydroxylation sites is 1. The third-order valence-electron chi connectivity index (χ3n) is 2.98. The molecule has 0 saturated carbocycles. The van der Waals surface area contributed by atoms with Crippen LogP contribution in [0.4, 0.5) is 0 Å². The second-order valence-corrected chi connectivity index (χ2v) is 4.23. The zero-order valence-electron chi connectivity index (χ0n) is 13.9. The zero-order chi connectivity index (χ0) is 16.4. The van der Waals surface area contributed by atoms with Crippen molar-refractivity contribution in [2.45, 2.75) is 33.8 Å². The van der Waals surface area contributed by atoms with Crippen molar-refractivity contribution in [3.8, 4) is 22.6 Å². The largest absolute Gasteiger partial charge is 0.486 e. The standard InChI is InChI=1S/C15H14O3.2C2H6/c16-9-12-10-17-14-8-4-7-13(15(14)18-12)11-5-2-1-3-6-11;2*1-2/h1-8,12,16H,9-10H2;2*1-2H3/t12-;;/m0../s1. The van der Waals surface area contributed by atoms with Crippen molar-refractivity contribution in [3.05, 3.63) is 48.5 Å². The molecule has 2 aromatic rings. The molecule has 3 heteroatoms. The van der Waals surface area contributed by atoms with E-state index in [9.17, 15) is 5.11 Å². The lowest BCUT2D eigenvalue weighted by Gasteiger charge is -2.27. The second kappa shape index (κ2) is 9.85. The summed E-state index contributed by atoms with van der Waals surface area (Å²) >= 11 is 0. The van der Waals surface area contributed by atoms with Gasteiger partial charge in [0.05, 0.1) is 6.61 Å². The molecule has 0 aromatic heterocycles. The zero-order valence-corrected chi connectivity index (χ0v) is 13.9.